The van der Waals surface area contributed by atoms with Crippen LogP contribution >= 0.6 is 0 Å². The van der Waals surface area contributed by atoms with Gasteiger partial charge < -0.3 is 0 Å². The van der Waals surface area contributed by atoms with Crippen LogP contribution in [0.5, 0.6) is 0 Å². The van der Waals surface area contributed by atoms with Crippen molar-refractivity contribution in [3.63, 3.8) is 0 Å². The highest BCUT2D eigenvalue weighted by Gasteiger charge is 2.37. The summed E-state index contributed by atoms with van der Waals surface area (Å²) in [6.45, 7) is 2.11. The van der Waals surface area contributed by atoms with Gasteiger partial charge in [-0.3, -0.25) is 9.63 Å². The zero-order valence-electron chi connectivity index (χ0n) is 18.9. The van der Waals surface area contributed by atoms with Crippen molar-refractivity contribution in [2.45, 2.75) is 51.5 Å². The van der Waals surface area contributed by atoms with E-state index < -0.39 is 11.9 Å². The number of pyridine rings is 1. The fourth-order valence-electron chi connectivity index (χ4n) is 5.20. The minimum absolute atomic E-state index is 0.0886. The van der Waals surface area contributed by atoms with Crippen molar-refractivity contribution in [2.24, 2.45) is 11.8 Å². The molecular formula is C25H25F2N5O2. The van der Waals surface area contributed by atoms with Crippen LogP contribution in [-0.2, 0) is 16.1 Å². The number of hydrogen-bond acceptors (Lipinski definition) is 5. The molecule has 1 aliphatic heterocycles. The van der Waals surface area contributed by atoms with Crippen LogP contribution in [0.25, 0.3) is 5.65 Å². The normalized spacial score (nSPS) is 22.8. The van der Waals surface area contributed by atoms with E-state index >= 15 is 0 Å². The standard InChI is InChI=1S/C25H25F2N5O2/c1-15-29-24-22(27)11-18(14-31(24)30-15)8-16-2-4-19(5-3-16)25(33)32-23(6-7-34-32)20-9-17(13-28)10-21(26)12-20/h9-12,14,16,19,23H,2-8H2,1H3/t16?,19?,23-/m0/s1. The topological polar surface area (TPSA) is 83.5 Å². The Hall–Kier alpha value is -3.38. The maximum Gasteiger partial charge on any atom is 0.249 e. The quantitative estimate of drug-likeness (QED) is 0.569. The zero-order valence-corrected chi connectivity index (χ0v) is 18.9. The second-order valence-corrected chi connectivity index (χ2v) is 9.23. The smallest absolute Gasteiger partial charge is 0.249 e. The van der Waals surface area contributed by atoms with Crippen molar-refractivity contribution in [1.29, 1.82) is 5.26 Å². The van der Waals surface area contributed by atoms with Gasteiger partial charge in [0.2, 0.25) is 5.91 Å². The Kier molecular flexibility index (Phi) is 6.00. The van der Waals surface area contributed by atoms with Crippen LogP contribution in [0.4, 0.5) is 8.78 Å². The lowest BCUT2D eigenvalue weighted by atomic mass is 9.79. The molecule has 0 unspecified atom stereocenters. The van der Waals surface area contributed by atoms with E-state index in [1.54, 1.807) is 13.0 Å². The first-order valence-corrected chi connectivity index (χ1v) is 11.6. The summed E-state index contributed by atoms with van der Waals surface area (Å²) in [5.41, 5.74) is 1.91. The number of hydrogen-bond donors (Lipinski definition) is 0. The lowest BCUT2D eigenvalue weighted by molar-refractivity contribution is -0.183. The molecule has 1 atom stereocenters. The van der Waals surface area contributed by atoms with Crippen LogP contribution in [0.3, 0.4) is 0 Å². The molecule has 0 N–H and O–H groups in total. The molecule has 1 amide bonds. The molecule has 2 fully saturated rings. The molecule has 2 aromatic heterocycles. The van der Waals surface area contributed by atoms with Gasteiger partial charge in [0.1, 0.15) is 11.6 Å². The SMILES string of the molecule is Cc1nc2c(F)cc(CC3CCC(C(=O)N4OCC[C@H]4c4cc(F)cc(C#N)c4)CC3)cn2n1. The monoisotopic (exact) mass is 465 g/mol. The van der Waals surface area contributed by atoms with Crippen molar-refractivity contribution in [1.82, 2.24) is 19.7 Å². The van der Waals surface area contributed by atoms with E-state index in [2.05, 4.69) is 10.1 Å². The number of rotatable bonds is 4. The molecule has 0 spiro atoms. The number of aryl methyl sites for hydroxylation is 1. The van der Waals surface area contributed by atoms with Gasteiger partial charge in [0.25, 0.3) is 0 Å². The first-order valence-electron chi connectivity index (χ1n) is 11.6. The lowest BCUT2D eigenvalue weighted by Crippen LogP contribution is -2.36. The molecule has 7 nitrogen and oxygen atoms in total. The Morgan fingerprint density at radius 1 is 1.18 bits per heavy atom. The molecule has 176 valence electrons. The van der Waals surface area contributed by atoms with Gasteiger partial charge in [0.15, 0.2) is 11.5 Å². The second kappa shape index (κ2) is 9.11. The third kappa shape index (κ3) is 4.38. The Morgan fingerprint density at radius 2 is 1.97 bits per heavy atom. The second-order valence-electron chi connectivity index (χ2n) is 9.23. The number of nitriles is 1. The number of aromatic nitrogens is 3. The molecule has 1 aromatic carbocycles. The Labute approximate surface area is 195 Å². The molecule has 0 radical (unpaired) electrons. The molecular weight excluding hydrogens is 440 g/mol. The molecule has 5 rings (SSSR count). The minimum atomic E-state index is -0.496. The van der Waals surface area contributed by atoms with E-state index in [-0.39, 0.29) is 28.9 Å². The summed E-state index contributed by atoms with van der Waals surface area (Å²) in [5.74, 6) is -0.255. The molecule has 2 aliphatic rings. The fourth-order valence-corrected chi connectivity index (χ4v) is 5.20. The van der Waals surface area contributed by atoms with Gasteiger partial charge in [-0.15, -0.1) is 0 Å². The predicted octanol–water partition coefficient (Wildman–Crippen LogP) is 4.44. The fraction of sp³-hybridized carbons (Fsp3) is 0.440. The number of nitrogens with zero attached hydrogens (tertiary/aromatic N) is 5. The van der Waals surface area contributed by atoms with Gasteiger partial charge in [-0.2, -0.15) is 10.4 Å². The van der Waals surface area contributed by atoms with Gasteiger partial charge in [-0.1, -0.05) is 0 Å². The van der Waals surface area contributed by atoms with Crippen LogP contribution in [0, 0.1) is 41.7 Å². The number of halogens is 2. The summed E-state index contributed by atoms with van der Waals surface area (Å²) >= 11 is 0. The maximum absolute atomic E-state index is 14.4. The van der Waals surface area contributed by atoms with Crippen molar-refractivity contribution < 1.29 is 18.4 Å². The highest BCUT2D eigenvalue weighted by molar-refractivity contribution is 5.78. The predicted molar refractivity (Wildman–Crippen MR) is 118 cm³/mol. The Balaban J connectivity index is 1.23. The summed E-state index contributed by atoms with van der Waals surface area (Å²) in [6, 6.07) is 7.26. The largest absolute Gasteiger partial charge is 0.272 e. The van der Waals surface area contributed by atoms with E-state index in [4.69, 9.17) is 10.1 Å². The van der Waals surface area contributed by atoms with Crippen molar-refractivity contribution in [2.75, 3.05) is 6.61 Å². The summed E-state index contributed by atoms with van der Waals surface area (Å²) in [7, 11) is 0. The molecule has 1 saturated heterocycles. The summed E-state index contributed by atoms with van der Waals surface area (Å²) in [4.78, 5) is 23.0. The first kappa shape index (κ1) is 22.4. The van der Waals surface area contributed by atoms with Crippen LogP contribution in [0.15, 0.2) is 30.5 Å². The van der Waals surface area contributed by atoms with Crippen molar-refractivity contribution >= 4 is 11.6 Å². The van der Waals surface area contributed by atoms with Crippen LogP contribution in [0.2, 0.25) is 0 Å². The van der Waals surface area contributed by atoms with E-state index in [0.717, 1.165) is 37.7 Å². The number of hydroxylamine groups is 2. The molecule has 1 aliphatic carbocycles. The van der Waals surface area contributed by atoms with E-state index in [1.807, 2.05) is 12.3 Å². The average molecular weight is 466 g/mol. The highest BCUT2D eigenvalue weighted by atomic mass is 19.1. The van der Waals surface area contributed by atoms with Crippen molar-refractivity contribution in [3.05, 3.63) is 64.6 Å². The molecule has 34 heavy (non-hydrogen) atoms. The molecule has 3 heterocycles. The average Bonchev–Trinajstić information content (AvgIpc) is 3.45. The maximum atomic E-state index is 14.4. The number of amides is 1. The zero-order chi connectivity index (χ0) is 23.8. The van der Waals surface area contributed by atoms with E-state index in [0.29, 0.717) is 30.3 Å². The van der Waals surface area contributed by atoms with Gasteiger partial charge in [0.05, 0.1) is 24.3 Å². The van der Waals surface area contributed by atoms with E-state index in [9.17, 15) is 13.6 Å². The summed E-state index contributed by atoms with van der Waals surface area (Å²) in [5, 5.41) is 14.8. The number of fused-ring (bicyclic) bond motifs is 1. The van der Waals surface area contributed by atoms with Gasteiger partial charge in [-0.25, -0.2) is 23.3 Å². The molecule has 3 aromatic rings. The lowest BCUT2D eigenvalue weighted by Gasteiger charge is -2.32. The molecule has 1 saturated carbocycles. The van der Waals surface area contributed by atoms with Crippen LogP contribution in [-0.4, -0.2) is 32.2 Å². The van der Waals surface area contributed by atoms with Crippen LogP contribution in [0.1, 0.15) is 60.7 Å². The molecule has 0 bridgehead atoms. The highest BCUT2D eigenvalue weighted by Crippen LogP contribution is 2.37. The van der Waals surface area contributed by atoms with E-state index in [1.165, 1.54) is 27.8 Å². The summed E-state index contributed by atoms with van der Waals surface area (Å²) < 4.78 is 29.8. The number of benzene rings is 1. The Bertz CT molecular complexity index is 1280. The van der Waals surface area contributed by atoms with Gasteiger partial charge in [0, 0.05) is 18.5 Å². The third-order valence-corrected chi connectivity index (χ3v) is 6.83. The van der Waals surface area contributed by atoms with Crippen molar-refractivity contribution in [3.8, 4) is 6.07 Å². The van der Waals surface area contributed by atoms with Gasteiger partial charge >= 0.3 is 0 Å². The Morgan fingerprint density at radius 3 is 2.74 bits per heavy atom. The van der Waals surface area contributed by atoms with Crippen LogP contribution < -0.4 is 0 Å². The first-order chi connectivity index (χ1) is 16.4. The van der Waals surface area contributed by atoms with Gasteiger partial charge in [-0.05, 0) is 80.3 Å². The summed E-state index contributed by atoms with van der Waals surface area (Å²) in [6.07, 6.45) is 6.24. The third-order valence-electron chi connectivity index (χ3n) is 6.83. The molecule has 9 heteroatoms. The number of carbonyl (C=O) groups is 1. The minimum Gasteiger partial charge on any atom is -0.272 e. The number of carbonyl (C=O) groups excluding carboxylic acids is 1.